The Kier molecular flexibility index (Phi) is 5.33. The molecule has 0 unspecified atom stereocenters. The molecular weight excluding hydrogens is 524 g/mol. The van der Waals surface area contributed by atoms with Gasteiger partial charge in [-0.2, -0.15) is 19.6 Å². The molecule has 4 heterocycles. The van der Waals surface area contributed by atoms with E-state index >= 15 is 0 Å². The number of azo groups is 1. The van der Waals surface area contributed by atoms with Crippen LogP contribution in [0.25, 0.3) is 11.9 Å². The fourth-order valence-electron chi connectivity index (χ4n) is 2.41. The van der Waals surface area contributed by atoms with Crippen LogP contribution in [0.1, 0.15) is 22.8 Å². The van der Waals surface area contributed by atoms with Gasteiger partial charge in [0.15, 0.2) is 0 Å². The number of hydrogen-bond donors (Lipinski definition) is 0. The largest absolute Gasteiger partial charge is 0.306 e. The third kappa shape index (κ3) is 3.70. The summed E-state index contributed by atoms with van der Waals surface area (Å²) in [5.74, 6) is 0.268. The molecule has 4 aromatic heterocycles. The van der Waals surface area contributed by atoms with E-state index < -0.39 is 0 Å². The monoisotopic (exact) mass is 534 g/mol. The minimum Gasteiger partial charge on any atom is -0.199 e. The Morgan fingerprint density at radius 3 is 1.17 bits per heavy atom. The van der Waals surface area contributed by atoms with E-state index in [0.717, 1.165) is 31.7 Å². The second kappa shape index (κ2) is 7.94. The molecule has 0 aromatic carbocycles. The van der Waals surface area contributed by atoms with Gasteiger partial charge in [0.25, 0.3) is 11.9 Å². The smallest absolute Gasteiger partial charge is 0.199 e. The number of halogens is 2. The first-order valence-corrected chi connectivity index (χ1v) is 9.94. The van der Waals surface area contributed by atoms with Gasteiger partial charge in [-0.3, -0.25) is 0 Å². The lowest BCUT2D eigenvalue weighted by molar-refractivity contribution is 0.699. The highest BCUT2D eigenvalue weighted by Gasteiger charge is 2.14. The van der Waals surface area contributed by atoms with Crippen molar-refractivity contribution in [2.45, 2.75) is 27.7 Å². The van der Waals surface area contributed by atoms with Crippen LogP contribution >= 0.6 is 31.9 Å². The van der Waals surface area contributed by atoms with E-state index in [1.54, 1.807) is 0 Å². The molecule has 0 radical (unpaired) electrons. The lowest BCUT2D eigenvalue weighted by Gasteiger charge is -2.00. The maximum Gasteiger partial charge on any atom is 0.306 e. The van der Waals surface area contributed by atoms with E-state index in [2.05, 4.69) is 93.1 Å². The summed E-state index contributed by atoms with van der Waals surface area (Å²) >= 11 is 6.89. The van der Waals surface area contributed by atoms with E-state index in [1.165, 1.54) is 9.36 Å². The molecule has 0 aliphatic heterocycles. The van der Waals surface area contributed by atoms with Crippen molar-refractivity contribution < 1.29 is 0 Å². The zero-order valence-corrected chi connectivity index (χ0v) is 19.2. The molecule has 30 heavy (non-hydrogen) atoms. The van der Waals surface area contributed by atoms with Gasteiger partial charge in [0, 0.05) is 0 Å². The highest BCUT2D eigenvalue weighted by atomic mass is 79.9. The number of aromatic nitrogens is 12. The van der Waals surface area contributed by atoms with Crippen LogP contribution in [-0.4, -0.2) is 60.4 Å². The van der Waals surface area contributed by atoms with E-state index in [4.69, 9.17) is 0 Å². The molecule has 152 valence electrons. The SMILES string of the molecule is Cc1nn(-c2nnc(N=Nc3nnc(-n4nc(C)c(Br)c4C)nn3)nn2)c(C)c1Br. The van der Waals surface area contributed by atoms with Crippen LogP contribution in [0.2, 0.25) is 0 Å². The van der Waals surface area contributed by atoms with Crippen molar-refractivity contribution in [1.82, 2.24) is 60.4 Å². The summed E-state index contributed by atoms with van der Waals surface area (Å²) in [6.45, 7) is 7.45. The Bertz CT molecular complexity index is 1140. The molecule has 4 rings (SSSR count). The summed E-state index contributed by atoms with van der Waals surface area (Å²) in [6.07, 6.45) is 0. The van der Waals surface area contributed by atoms with Crippen LogP contribution in [-0.2, 0) is 0 Å². The third-order valence-electron chi connectivity index (χ3n) is 3.93. The van der Waals surface area contributed by atoms with Crippen molar-refractivity contribution in [3.63, 3.8) is 0 Å². The number of rotatable bonds is 4. The summed E-state index contributed by atoms with van der Waals surface area (Å²) in [6, 6.07) is 0. The van der Waals surface area contributed by atoms with Gasteiger partial charge >= 0.3 is 11.9 Å². The molecule has 0 saturated heterocycles. The molecule has 0 fully saturated rings. The highest BCUT2D eigenvalue weighted by Crippen LogP contribution is 2.22. The molecule has 0 atom stereocenters. The quantitative estimate of drug-likeness (QED) is 0.354. The number of hydrogen-bond acceptors (Lipinski definition) is 12. The third-order valence-corrected chi connectivity index (χ3v) is 6.22. The molecule has 0 N–H and O–H groups in total. The Hall–Kier alpha value is -3.14. The standard InChI is InChI=1S/C14H12Br2N14/c1-5-9(15)7(3)29(27-5)13-23-19-11(20-24-13)17-18-12-21-25-14(26-22-12)30-8(4)10(16)6(2)28-30/h1-4H3. The highest BCUT2D eigenvalue weighted by molar-refractivity contribution is 9.10. The zero-order chi connectivity index (χ0) is 21.4. The first-order chi connectivity index (χ1) is 14.3. The maximum absolute atomic E-state index is 4.31. The summed E-state index contributed by atoms with van der Waals surface area (Å²) < 4.78 is 4.77. The van der Waals surface area contributed by atoms with E-state index in [1.807, 2.05) is 27.7 Å². The van der Waals surface area contributed by atoms with Gasteiger partial charge in [-0.1, -0.05) is 0 Å². The average molecular weight is 536 g/mol. The van der Waals surface area contributed by atoms with Crippen molar-refractivity contribution in [1.29, 1.82) is 0 Å². The fraction of sp³-hybridized carbons (Fsp3) is 0.286. The lowest BCUT2D eigenvalue weighted by atomic mass is 10.4. The van der Waals surface area contributed by atoms with Crippen LogP contribution in [0, 0.1) is 27.7 Å². The minimum absolute atomic E-state index is 0.0745. The minimum atomic E-state index is -0.0745. The predicted molar refractivity (Wildman–Crippen MR) is 108 cm³/mol. The van der Waals surface area contributed by atoms with Gasteiger partial charge in [-0.05, 0) is 59.6 Å². The lowest BCUT2D eigenvalue weighted by Crippen LogP contribution is -2.08. The molecule has 16 heteroatoms. The van der Waals surface area contributed by atoms with Crippen LogP contribution in [0.3, 0.4) is 0 Å². The Morgan fingerprint density at radius 1 is 0.567 bits per heavy atom. The molecule has 0 aliphatic rings. The van der Waals surface area contributed by atoms with Crippen molar-refractivity contribution in [2.24, 2.45) is 10.2 Å². The van der Waals surface area contributed by atoms with Gasteiger partial charge < -0.3 is 0 Å². The van der Waals surface area contributed by atoms with Gasteiger partial charge in [0.05, 0.1) is 31.7 Å². The van der Waals surface area contributed by atoms with Crippen LogP contribution in [0.5, 0.6) is 0 Å². The van der Waals surface area contributed by atoms with E-state index in [9.17, 15) is 0 Å². The molecular formula is C14H12Br2N14. The molecule has 0 amide bonds. The summed E-state index contributed by atoms with van der Waals surface area (Å²) in [5.41, 5.74) is 3.25. The first-order valence-electron chi connectivity index (χ1n) is 8.36. The van der Waals surface area contributed by atoms with Gasteiger partial charge in [0.1, 0.15) is 0 Å². The van der Waals surface area contributed by atoms with Crippen LogP contribution < -0.4 is 0 Å². The van der Waals surface area contributed by atoms with Gasteiger partial charge in [0.2, 0.25) is 0 Å². The molecule has 0 spiro atoms. The van der Waals surface area contributed by atoms with Crippen molar-refractivity contribution in [3.05, 3.63) is 31.7 Å². The Morgan fingerprint density at radius 2 is 0.900 bits per heavy atom. The normalized spacial score (nSPS) is 11.5. The fourth-order valence-corrected chi connectivity index (χ4v) is 2.91. The van der Waals surface area contributed by atoms with Crippen LogP contribution in [0.15, 0.2) is 19.2 Å². The summed E-state index contributed by atoms with van der Waals surface area (Å²) in [4.78, 5) is 0. The summed E-state index contributed by atoms with van der Waals surface area (Å²) in [7, 11) is 0. The van der Waals surface area contributed by atoms with Crippen molar-refractivity contribution in [3.8, 4) is 11.9 Å². The second-order valence-corrected chi connectivity index (χ2v) is 7.58. The van der Waals surface area contributed by atoms with E-state index in [-0.39, 0.29) is 23.8 Å². The number of aryl methyl sites for hydroxylation is 2. The second-order valence-electron chi connectivity index (χ2n) is 5.99. The van der Waals surface area contributed by atoms with E-state index in [0.29, 0.717) is 0 Å². The van der Waals surface area contributed by atoms with Gasteiger partial charge in [-0.15, -0.1) is 51.0 Å². The topological polar surface area (TPSA) is 163 Å². The zero-order valence-electron chi connectivity index (χ0n) is 16.0. The summed E-state index contributed by atoms with van der Waals surface area (Å²) in [5, 5.41) is 47.5. The average Bonchev–Trinajstić information content (AvgIpc) is 3.17. The molecule has 14 nitrogen and oxygen atoms in total. The molecule has 0 saturated carbocycles. The van der Waals surface area contributed by atoms with Crippen molar-refractivity contribution >= 4 is 43.8 Å². The van der Waals surface area contributed by atoms with Crippen LogP contribution in [0.4, 0.5) is 11.9 Å². The number of nitrogens with zero attached hydrogens (tertiary/aromatic N) is 14. The molecule has 0 bridgehead atoms. The first kappa shape index (κ1) is 20.1. The molecule has 4 aromatic rings. The molecule has 0 aliphatic carbocycles. The van der Waals surface area contributed by atoms with Gasteiger partial charge in [-0.25, -0.2) is 0 Å². The predicted octanol–water partition coefficient (Wildman–Crippen LogP) is 2.39. The maximum atomic E-state index is 4.31. The Labute approximate surface area is 185 Å². The van der Waals surface area contributed by atoms with Crippen molar-refractivity contribution in [2.75, 3.05) is 0 Å². The Balaban J connectivity index is 1.51.